The molecular formula is C12H21N3O2. The molecule has 1 aromatic rings. The maximum Gasteiger partial charge on any atom is 0.252 e. The fourth-order valence-corrected chi connectivity index (χ4v) is 2.42. The lowest BCUT2D eigenvalue weighted by molar-refractivity contribution is 0.104. The third kappa shape index (κ3) is 3.26. The van der Waals surface area contributed by atoms with Crippen LogP contribution >= 0.6 is 0 Å². The molecule has 1 fully saturated rings. The second-order valence-corrected chi connectivity index (χ2v) is 4.67. The second-order valence-electron chi connectivity index (χ2n) is 4.67. The van der Waals surface area contributed by atoms with Crippen LogP contribution in [0.5, 0.6) is 0 Å². The van der Waals surface area contributed by atoms with Gasteiger partial charge in [-0.25, -0.2) is 0 Å². The van der Waals surface area contributed by atoms with E-state index in [4.69, 9.17) is 15.0 Å². The highest BCUT2D eigenvalue weighted by atomic mass is 16.5. The summed E-state index contributed by atoms with van der Waals surface area (Å²) < 4.78 is 10.4. The maximum atomic E-state index is 5.34. The number of ether oxygens (including phenoxy) is 1. The molecule has 96 valence electrons. The molecule has 1 aromatic heterocycles. The van der Waals surface area contributed by atoms with Gasteiger partial charge in [-0.05, 0) is 25.2 Å². The normalized spacial score (nSPS) is 24.4. The quantitative estimate of drug-likeness (QED) is 0.767. The van der Waals surface area contributed by atoms with Crippen molar-refractivity contribution in [2.45, 2.75) is 45.1 Å². The molecule has 1 heterocycles. The van der Waals surface area contributed by atoms with E-state index in [1.54, 1.807) is 0 Å². The van der Waals surface area contributed by atoms with Crippen LogP contribution in [0.25, 0.3) is 0 Å². The molecule has 5 heteroatoms. The van der Waals surface area contributed by atoms with E-state index >= 15 is 0 Å². The molecule has 1 aliphatic carbocycles. The summed E-state index contributed by atoms with van der Waals surface area (Å²) in [6.45, 7) is 3.66. The van der Waals surface area contributed by atoms with Crippen LogP contribution in [0.3, 0.4) is 0 Å². The smallest absolute Gasteiger partial charge is 0.252 e. The molecule has 1 aliphatic rings. The van der Waals surface area contributed by atoms with E-state index in [0.717, 1.165) is 11.7 Å². The predicted molar refractivity (Wildman–Crippen MR) is 63.4 cm³/mol. The van der Waals surface area contributed by atoms with Crippen molar-refractivity contribution in [3.63, 3.8) is 0 Å². The molecule has 0 saturated heterocycles. The molecule has 2 atom stereocenters. The monoisotopic (exact) mass is 239 g/mol. The first-order valence-corrected chi connectivity index (χ1v) is 6.43. The highest BCUT2D eigenvalue weighted by molar-refractivity contribution is 4.99. The number of nitrogens with two attached hydrogens (primary N) is 1. The van der Waals surface area contributed by atoms with Gasteiger partial charge in [0.2, 0.25) is 0 Å². The zero-order valence-electron chi connectivity index (χ0n) is 10.4. The molecule has 1 saturated carbocycles. The van der Waals surface area contributed by atoms with Crippen LogP contribution in [0, 0.1) is 5.92 Å². The van der Waals surface area contributed by atoms with Crippen molar-refractivity contribution < 1.29 is 9.26 Å². The first-order chi connectivity index (χ1) is 8.33. The summed E-state index contributed by atoms with van der Waals surface area (Å²) in [7, 11) is 0. The molecule has 0 aliphatic heterocycles. The number of hydrogen-bond donors (Lipinski definition) is 1. The van der Waals surface area contributed by atoms with Gasteiger partial charge in [0.05, 0.1) is 6.61 Å². The van der Waals surface area contributed by atoms with Crippen LogP contribution in [-0.4, -0.2) is 23.3 Å². The Labute approximate surface area is 102 Å². The molecule has 0 aromatic carbocycles. The molecule has 17 heavy (non-hydrogen) atoms. The van der Waals surface area contributed by atoms with Gasteiger partial charge in [0.1, 0.15) is 6.61 Å². The van der Waals surface area contributed by atoms with E-state index in [2.05, 4.69) is 17.1 Å². The van der Waals surface area contributed by atoms with Crippen molar-refractivity contribution in [1.82, 2.24) is 10.1 Å². The molecule has 0 radical (unpaired) electrons. The first-order valence-electron chi connectivity index (χ1n) is 6.43. The van der Waals surface area contributed by atoms with Gasteiger partial charge in [-0.1, -0.05) is 18.5 Å². The SMILES string of the molecule is CCC1CCC(c2noc(COCCN)n2)C1. The standard InChI is InChI=1S/C12H21N3O2/c1-2-9-3-4-10(7-9)12-14-11(17-15-12)8-16-6-5-13/h9-10H,2-8,13H2,1H3. The summed E-state index contributed by atoms with van der Waals surface area (Å²) in [4.78, 5) is 4.39. The van der Waals surface area contributed by atoms with Crippen LogP contribution in [0.4, 0.5) is 0 Å². The van der Waals surface area contributed by atoms with E-state index in [1.807, 2.05) is 0 Å². The lowest BCUT2D eigenvalue weighted by Gasteiger charge is -2.04. The van der Waals surface area contributed by atoms with Gasteiger partial charge in [-0.15, -0.1) is 0 Å². The minimum absolute atomic E-state index is 0.369. The first kappa shape index (κ1) is 12.5. The topological polar surface area (TPSA) is 74.2 Å². The van der Waals surface area contributed by atoms with E-state index in [1.165, 1.54) is 25.7 Å². The Kier molecular flexibility index (Phi) is 4.50. The molecule has 2 N–H and O–H groups in total. The lowest BCUT2D eigenvalue weighted by atomic mass is 10.0. The van der Waals surface area contributed by atoms with E-state index in [9.17, 15) is 0 Å². The zero-order chi connectivity index (χ0) is 12.1. The van der Waals surface area contributed by atoms with Crippen LogP contribution in [-0.2, 0) is 11.3 Å². The average Bonchev–Trinajstić information content (AvgIpc) is 2.97. The van der Waals surface area contributed by atoms with Crippen molar-refractivity contribution in [3.05, 3.63) is 11.7 Å². The average molecular weight is 239 g/mol. The summed E-state index contributed by atoms with van der Waals surface area (Å²) in [5.74, 6) is 2.73. The molecular weight excluding hydrogens is 218 g/mol. The molecule has 5 nitrogen and oxygen atoms in total. The molecule has 0 bridgehead atoms. The second kappa shape index (κ2) is 6.12. The minimum Gasteiger partial charge on any atom is -0.370 e. The third-order valence-corrected chi connectivity index (χ3v) is 3.46. The summed E-state index contributed by atoms with van der Waals surface area (Å²) in [5.41, 5.74) is 5.34. The van der Waals surface area contributed by atoms with E-state index < -0.39 is 0 Å². The summed E-state index contributed by atoms with van der Waals surface area (Å²) in [6, 6.07) is 0. The van der Waals surface area contributed by atoms with Gasteiger partial charge in [0.15, 0.2) is 5.82 Å². The number of hydrogen-bond acceptors (Lipinski definition) is 5. The zero-order valence-corrected chi connectivity index (χ0v) is 10.4. The Morgan fingerprint density at radius 3 is 3.06 bits per heavy atom. The van der Waals surface area contributed by atoms with E-state index in [0.29, 0.717) is 31.6 Å². The summed E-state index contributed by atoms with van der Waals surface area (Å²) in [6.07, 6.45) is 4.91. The number of rotatable bonds is 6. The van der Waals surface area contributed by atoms with Crippen LogP contribution in [0.1, 0.15) is 50.2 Å². The number of nitrogens with zero attached hydrogens (tertiary/aromatic N) is 2. The third-order valence-electron chi connectivity index (χ3n) is 3.46. The van der Waals surface area contributed by atoms with Crippen LogP contribution < -0.4 is 5.73 Å². The van der Waals surface area contributed by atoms with Gasteiger partial charge in [0.25, 0.3) is 5.89 Å². The van der Waals surface area contributed by atoms with Crippen molar-refractivity contribution in [1.29, 1.82) is 0 Å². The highest BCUT2D eigenvalue weighted by Gasteiger charge is 2.28. The summed E-state index contributed by atoms with van der Waals surface area (Å²) >= 11 is 0. The fourth-order valence-electron chi connectivity index (χ4n) is 2.42. The fraction of sp³-hybridized carbons (Fsp3) is 0.833. The van der Waals surface area contributed by atoms with Crippen LogP contribution in [0.15, 0.2) is 4.52 Å². The lowest BCUT2D eigenvalue weighted by Crippen LogP contribution is -2.08. The Morgan fingerprint density at radius 2 is 2.35 bits per heavy atom. The predicted octanol–water partition coefficient (Wildman–Crippen LogP) is 1.84. The number of aromatic nitrogens is 2. The van der Waals surface area contributed by atoms with Crippen molar-refractivity contribution in [3.8, 4) is 0 Å². The van der Waals surface area contributed by atoms with Crippen LogP contribution in [0.2, 0.25) is 0 Å². The van der Waals surface area contributed by atoms with Gasteiger partial charge >= 0.3 is 0 Å². The van der Waals surface area contributed by atoms with Crippen molar-refractivity contribution in [2.75, 3.05) is 13.2 Å². The molecule has 2 unspecified atom stereocenters. The Hall–Kier alpha value is -0.940. The summed E-state index contributed by atoms with van der Waals surface area (Å²) in [5, 5.41) is 4.05. The maximum absolute atomic E-state index is 5.34. The largest absolute Gasteiger partial charge is 0.370 e. The Morgan fingerprint density at radius 1 is 1.47 bits per heavy atom. The van der Waals surface area contributed by atoms with Crippen molar-refractivity contribution in [2.24, 2.45) is 11.7 Å². The molecule has 2 rings (SSSR count). The highest BCUT2D eigenvalue weighted by Crippen LogP contribution is 2.38. The van der Waals surface area contributed by atoms with Gasteiger partial charge in [0, 0.05) is 12.5 Å². The Balaban J connectivity index is 1.85. The van der Waals surface area contributed by atoms with Gasteiger partial charge in [-0.3, -0.25) is 0 Å². The van der Waals surface area contributed by atoms with Gasteiger partial charge in [-0.2, -0.15) is 4.98 Å². The Bertz CT molecular complexity index is 340. The molecule has 0 amide bonds. The van der Waals surface area contributed by atoms with Crippen molar-refractivity contribution >= 4 is 0 Å². The van der Waals surface area contributed by atoms with Gasteiger partial charge < -0.3 is 15.0 Å². The van der Waals surface area contributed by atoms with E-state index in [-0.39, 0.29) is 0 Å². The molecule has 0 spiro atoms. The minimum atomic E-state index is 0.369.